The van der Waals surface area contributed by atoms with Gasteiger partial charge in [0, 0.05) is 42.2 Å². The smallest absolute Gasteiger partial charge is 0.261 e. The lowest BCUT2D eigenvalue weighted by Gasteiger charge is -2.12. The molecule has 0 unspecified atom stereocenters. The number of ether oxygens (including phenoxy) is 1. The Bertz CT molecular complexity index is 1050. The predicted octanol–water partition coefficient (Wildman–Crippen LogP) is 3.85. The van der Waals surface area contributed by atoms with Gasteiger partial charge in [0.1, 0.15) is 0 Å². The van der Waals surface area contributed by atoms with E-state index in [2.05, 4.69) is 36.9 Å². The number of anilines is 1. The molecule has 0 bridgehead atoms. The Morgan fingerprint density at radius 3 is 2.96 bits per heavy atom. The van der Waals surface area contributed by atoms with Gasteiger partial charge in [0.25, 0.3) is 5.89 Å². The summed E-state index contributed by atoms with van der Waals surface area (Å²) >= 11 is 1.71. The van der Waals surface area contributed by atoms with Crippen molar-refractivity contribution in [3.8, 4) is 11.5 Å². The third-order valence-electron chi connectivity index (χ3n) is 4.12. The van der Waals surface area contributed by atoms with Crippen LogP contribution in [-0.4, -0.2) is 33.8 Å². The first-order valence-electron chi connectivity index (χ1n) is 8.59. The van der Waals surface area contributed by atoms with Crippen LogP contribution < -0.4 is 5.32 Å². The van der Waals surface area contributed by atoms with Crippen molar-refractivity contribution in [3.05, 3.63) is 52.2 Å². The molecule has 0 saturated carbocycles. The monoisotopic (exact) mass is 381 g/mol. The molecule has 0 atom stereocenters. The average Bonchev–Trinajstić information content (AvgIpc) is 3.36. The number of aryl methyl sites for hydroxylation is 1. The zero-order valence-corrected chi connectivity index (χ0v) is 15.9. The maximum absolute atomic E-state index is 5.48. The quantitative estimate of drug-likeness (QED) is 0.520. The van der Waals surface area contributed by atoms with E-state index >= 15 is 0 Å². The van der Waals surface area contributed by atoms with E-state index < -0.39 is 0 Å². The standard InChI is InChI=1S/C19H19N5O2S/c1-12-5-6-14-17(20-10-13-4-3-9-27-13)15(11-21-18(14)22-12)19-23-16(24-26-19)7-8-25-2/h3-6,9,11H,7-8,10H2,1-2H3,(H,20,21,22). The number of rotatable bonds is 7. The first-order chi connectivity index (χ1) is 13.2. The maximum atomic E-state index is 5.48. The van der Waals surface area contributed by atoms with Gasteiger partial charge in [-0.05, 0) is 30.5 Å². The number of nitrogens with zero attached hydrogens (tertiary/aromatic N) is 4. The van der Waals surface area contributed by atoms with E-state index in [1.807, 2.05) is 25.1 Å². The molecule has 8 heteroatoms. The fraction of sp³-hybridized carbons (Fsp3) is 0.263. The van der Waals surface area contributed by atoms with E-state index in [4.69, 9.17) is 9.26 Å². The number of nitrogens with one attached hydrogen (secondary N) is 1. The molecule has 4 heterocycles. The average molecular weight is 381 g/mol. The van der Waals surface area contributed by atoms with Crippen LogP contribution in [0.1, 0.15) is 16.4 Å². The van der Waals surface area contributed by atoms with Crippen LogP contribution in [0.15, 0.2) is 40.4 Å². The lowest BCUT2D eigenvalue weighted by atomic mass is 10.1. The summed E-state index contributed by atoms with van der Waals surface area (Å²) in [5.41, 5.74) is 3.27. The fourth-order valence-electron chi connectivity index (χ4n) is 2.77. The van der Waals surface area contributed by atoms with Gasteiger partial charge in [-0.2, -0.15) is 4.98 Å². The fourth-order valence-corrected chi connectivity index (χ4v) is 3.42. The molecule has 4 rings (SSSR count). The van der Waals surface area contributed by atoms with Gasteiger partial charge in [-0.3, -0.25) is 0 Å². The van der Waals surface area contributed by atoms with Crippen LogP contribution in [-0.2, 0) is 17.7 Å². The molecule has 0 aromatic carbocycles. The molecule has 0 saturated heterocycles. The molecular weight excluding hydrogens is 362 g/mol. The number of hydrogen-bond acceptors (Lipinski definition) is 8. The van der Waals surface area contributed by atoms with E-state index in [-0.39, 0.29) is 0 Å². The molecule has 138 valence electrons. The molecule has 7 nitrogen and oxygen atoms in total. The van der Waals surface area contributed by atoms with E-state index in [1.165, 1.54) is 4.88 Å². The summed E-state index contributed by atoms with van der Waals surface area (Å²) in [4.78, 5) is 14.8. The maximum Gasteiger partial charge on any atom is 0.261 e. The van der Waals surface area contributed by atoms with Crippen LogP contribution in [0.5, 0.6) is 0 Å². The second kappa shape index (κ2) is 7.81. The minimum atomic E-state index is 0.435. The van der Waals surface area contributed by atoms with Crippen LogP contribution in [0.25, 0.3) is 22.5 Å². The summed E-state index contributed by atoms with van der Waals surface area (Å²) in [5.74, 6) is 1.04. The minimum absolute atomic E-state index is 0.435. The normalized spacial score (nSPS) is 11.2. The molecule has 0 aliphatic rings. The number of fused-ring (bicyclic) bond motifs is 1. The van der Waals surface area contributed by atoms with Crippen LogP contribution in [0, 0.1) is 6.92 Å². The molecule has 27 heavy (non-hydrogen) atoms. The Hall–Kier alpha value is -2.84. The predicted molar refractivity (Wildman–Crippen MR) is 105 cm³/mol. The first kappa shape index (κ1) is 17.6. The molecule has 0 amide bonds. The van der Waals surface area contributed by atoms with Crippen molar-refractivity contribution >= 4 is 28.1 Å². The summed E-state index contributed by atoms with van der Waals surface area (Å²) < 4.78 is 10.6. The number of hydrogen-bond donors (Lipinski definition) is 1. The summed E-state index contributed by atoms with van der Waals surface area (Å²) in [7, 11) is 1.65. The number of thiophene rings is 1. The summed E-state index contributed by atoms with van der Waals surface area (Å²) in [5, 5.41) is 10.5. The third kappa shape index (κ3) is 3.81. The van der Waals surface area contributed by atoms with Crippen molar-refractivity contribution < 1.29 is 9.26 Å². The Morgan fingerprint density at radius 2 is 2.15 bits per heavy atom. The molecule has 0 spiro atoms. The Balaban J connectivity index is 1.75. The Kier molecular flexibility index (Phi) is 5.08. The van der Waals surface area contributed by atoms with Gasteiger partial charge in [0.2, 0.25) is 0 Å². The Morgan fingerprint density at radius 1 is 1.22 bits per heavy atom. The SMILES string of the molecule is COCCc1noc(-c2cnc3nc(C)ccc3c2NCc2cccs2)n1. The van der Waals surface area contributed by atoms with Gasteiger partial charge in [0.05, 0.1) is 17.9 Å². The highest BCUT2D eigenvalue weighted by Crippen LogP contribution is 2.33. The largest absolute Gasteiger partial charge is 0.384 e. The van der Waals surface area contributed by atoms with Gasteiger partial charge in [0.15, 0.2) is 11.5 Å². The van der Waals surface area contributed by atoms with Gasteiger partial charge in [-0.25, -0.2) is 9.97 Å². The van der Waals surface area contributed by atoms with Crippen molar-refractivity contribution in [3.63, 3.8) is 0 Å². The molecule has 0 aliphatic carbocycles. The van der Waals surface area contributed by atoms with Crippen LogP contribution in [0.3, 0.4) is 0 Å². The molecular formula is C19H19N5O2S. The zero-order chi connectivity index (χ0) is 18.6. The molecule has 0 aliphatic heterocycles. The Labute approximate surface area is 160 Å². The number of pyridine rings is 2. The molecule has 4 aromatic heterocycles. The lowest BCUT2D eigenvalue weighted by molar-refractivity contribution is 0.199. The van der Waals surface area contributed by atoms with Gasteiger partial charge in [-0.1, -0.05) is 11.2 Å². The minimum Gasteiger partial charge on any atom is -0.384 e. The molecule has 1 N–H and O–H groups in total. The van der Waals surface area contributed by atoms with Crippen LogP contribution >= 0.6 is 11.3 Å². The number of methoxy groups -OCH3 is 1. The highest BCUT2D eigenvalue weighted by atomic mass is 32.1. The van der Waals surface area contributed by atoms with E-state index in [1.54, 1.807) is 24.6 Å². The van der Waals surface area contributed by atoms with Gasteiger partial charge >= 0.3 is 0 Å². The van der Waals surface area contributed by atoms with Crippen LogP contribution in [0.4, 0.5) is 5.69 Å². The first-order valence-corrected chi connectivity index (χ1v) is 9.47. The van der Waals surface area contributed by atoms with Gasteiger partial charge < -0.3 is 14.6 Å². The molecule has 0 fully saturated rings. The molecule has 0 radical (unpaired) electrons. The second-order valence-electron chi connectivity index (χ2n) is 6.06. The van der Waals surface area contributed by atoms with Gasteiger partial charge in [-0.15, -0.1) is 11.3 Å². The van der Waals surface area contributed by atoms with E-state index in [0.717, 1.165) is 22.3 Å². The molecule has 4 aromatic rings. The van der Waals surface area contributed by atoms with E-state index in [0.29, 0.717) is 36.9 Å². The van der Waals surface area contributed by atoms with Crippen molar-refractivity contribution in [1.29, 1.82) is 0 Å². The topological polar surface area (TPSA) is 86.0 Å². The van der Waals surface area contributed by atoms with Crippen molar-refractivity contribution in [1.82, 2.24) is 20.1 Å². The van der Waals surface area contributed by atoms with Crippen molar-refractivity contribution in [2.24, 2.45) is 0 Å². The van der Waals surface area contributed by atoms with Crippen molar-refractivity contribution in [2.45, 2.75) is 19.9 Å². The summed E-state index contributed by atoms with van der Waals surface area (Å²) in [6.07, 6.45) is 2.33. The van der Waals surface area contributed by atoms with Crippen molar-refractivity contribution in [2.75, 3.05) is 19.0 Å². The summed E-state index contributed by atoms with van der Waals surface area (Å²) in [6, 6.07) is 8.13. The zero-order valence-electron chi connectivity index (χ0n) is 15.1. The third-order valence-corrected chi connectivity index (χ3v) is 4.99. The highest BCUT2D eigenvalue weighted by molar-refractivity contribution is 7.09. The van der Waals surface area contributed by atoms with E-state index in [9.17, 15) is 0 Å². The van der Waals surface area contributed by atoms with Crippen LogP contribution in [0.2, 0.25) is 0 Å². The highest BCUT2D eigenvalue weighted by Gasteiger charge is 2.17. The lowest BCUT2D eigenvalue weighted by Crippen LogP contribution is -2.02. The second-order valence-corrected chi connectivity index (χ2v) is 7.09. The number of aromatic nitrogens is 4. The summed E-state index contributed by atoms with van der Waals surface area (Å²) in [6.45, 7) is 3.19.